The van der Waals surface area contributed by atoms with Crippen LogP contribution in [0.4, 0.5) is 0 Å². The van der Waals surface area contributed by atoms with Crippen LogP contribution in [0.1, 0.15) is 50.8 Å². The van der Waals surface area contributed by atoms with E-state index in [0.717, 1.165) is 24.8 Å². The Morgan fingerprint density at radius 1 is 1.58 bits per heavy atom. The molecule has 3 N–H and O–H groups in total. The number of aliphatic hydroxyl groups is 1. The predicted molar refractivity (Wildman–Crippen MR) is 71.6 cm³/mol. The van der Waals surface area contributed by atoms with Gasteiger partial charge in [-0.05, 0) is 33.1 Å². The third-order valence-corrected chi connectivity index (χ3v) is 4.75. The zero-order chi connectivity index (χ0) is 13.6. The minimum absolute atomic E-state index is 0.0971. The highest BCUT2D eigenvalue weighted by Crippen LogP contribution is 2.53. The summed E-state index contributed by atoms with van der Waals surface area (Å²) in [5.41, 5.74) is 6.52. The quantitative estimate of drug-likeness (QED) is 0.863. The second-order valence-electron chi connectivity index (χ2n) is 6.22. The first-order valence-corrected chi connectivity index (χ1v) is 7.14. The number of ether oxygens (including phenoxy) is 1. The van der Waals surface area contributed by atoms with Crippen LogP contribution in [0.5, 0.6) is 0 Å². The maximum Gasteiger partial charge on any atom is 0.0914 e. The number of hydrogen-bond donors (Lipinski definition) is 2. The van der Waals surface area contributed by atoms with Gasteiger partial charge in [0, 0.05) is 29.8 Å². The summed E-state index contributed by atoms with van der Waals surface area (Å²) < 4.78 is 7.78. The van der Waals surface area contributed by atoms with E-state index in [9.17, 15) is 5.11 Å². The van der Waals surface area contributed by atoms with E-state index in [1.165, 1.54) is 0 Å². The molecule has 4 unspecified atom stereocenters. The average Bonchev–Trinajstić information content (AvgIpc) is 3.12. The fourth-order valence-electron chi connectivity index (χ4n) is 3.56. The van der Waals surface area contributed by atoms with Gasteiger partial charge in [0.15, 0.2) is 0 Å². The van der Waals surface area contributed by atoms with Crippen LogP contribution in [0.25, 0.3) is 0 Å². The molecule has 2 fully saturated rings. The van der Waals surface area contributed by atoms with E-state index in [1.807, 2.05) is 10.9 Å². The van der Waals surface area contributed by atoms with Gasteiger partial charge in [-0.25, -0.2) is 0 Å². The summed E-state index contributed by atoms with van der Waals surface area (Å²) in [5, 5.41) is 15.1. The second-order valence-corrected chi connectivity index (χ2v) is 6.22. The van der Waals surface area contributed by atoms with Gasteiger partial charge in [0.25, 0.3) is 0 Å². The molecule has 0 aromatic carbocycles. The molecular formula is C14H23N3O2. The van der Waals surface area contributed by atoms with E-state index in [-0.39, 0.29) is 17.6 Å². The number of nitrogens with zero attached hydrogens (tertiary/aromatic N) is 2. The number of hydrogen-bond acceptors (Lipinski definition) is 4. The Bertz CT molecular complexity index is 459. The molecular weight excluding hydrogens is 242 g/mol. The zero-order valence-corrected chi connectivity index (χ0v) is 11.6. The molecule has 3 rings (SSSR count). The molecule has 0 spiro atoms. The average molecular weight is 265 g/mol. The largest absolute Gasteiger partial charge is 0.388 e. The lowest BCUT2D eigenvalue weighted by atomic mass is 9.68. The summed E-state index contributed by atoms with van der Waals surface area (Å²) in [4.78, 5) is 0. The van der Waals surface area contributed by atoms with Crippen LogP contribution in [0.2, 0.25) is 0 Å². The van der Waals surface area contributed by atoms with Gasteiger partial charge in [0.1, 0.15) is 0 Å². The Morgan fingerprint density at radius 3 is 2.84 bits per heavy atom. The molecule has 5 heteroatoms. The standard InChI is InChI=1S/C14H23N3O2/c1-9(2)17-7-10(6-16-17)13(18)14(8-15)5-11-3-4-12(14)19-11/h6-7,9,11-13,18H,3-5,8,15H2,1-2H3. The molecule has 4 atom stereocenters. The fraction of sp³-hybridized carbons (Fsp3) is 0.786. The van der Waals surface area contributed by atoms with E-state index >= 15 is 0 Å². The lowest BCUT2D eigenvalue weighted by Crippen LogP contribution is -2.44. The molecule has 2 aliphatic heterocycles. The molecule has 2 saturated heterocycles. The first kappa shape index (κ1) is 13.1. The van der Waals surface area contributed by atoms with E-state index in [1.54, 1.807) is 6.20 Å². The molecule has 106 valence electrons. The summed E-state index contributed by atoms with van der Waals surface area (Å²) in [6.45, 7) is 4.60. The van der Waals surface area contributed by atoms with Gasteiger partial charge < -0.3 is 15.6 Å². The Morgan fingerprint density at radius 2 is 2.37 bits per heavy atom. The van der Waals surface area contributed by atoms with Gasteiger partial charge in [-0.15, -0.1) is 0 Å². The maximum absolute atomic E-state index is 10.8. The van der Waals surface area contributed by atoms with Crippen molar-refractivity contribution in [1.82, 2.24) is 9.78 Å². The summed E-state index contributed by atoms with van der Waals surface area (Å²) in [6.07, 6.45) is 6.46. The SMILES string of the molecule is CC(C)n1cc(C(O)C2(CN)CC3CCC2O3)cn1. The normalized spacial score (nSPS) is 35.2. The maximum atomic E-state index is 10.8. The molecule has 5 nitrogen and oxygen atoms in total. The molecule has 3 heterocycles. The Hall–Kier alpha value is -0.910. The number of nitrogens with two attached hydrogens (primary N) is 1. The number of aromatic nitrogens is 2. The lowest BCUT2D eigenvalue weighted by Gasteiger charge is -2.38. The van der Waals surface area contributed by atoms with Crippen LogP contribution in [0, 0.1) is 5.41 Å². The highest BCUT2D eigenvalue weighted by Gasteiger charge is 2.55. The van der Waals surface area contributed by atoms with Gasteiger partial charge >= 0.3 is 0 Å². The first-order valence-electron chi connectivity index (χ1n) is 7.14. The molecule has 2 bridgehead atoms. The molecule has 2 aliphatic rings. The first-order chi connectivity index (χ1) is 9.06. The van der Waals surface area contributed by atoms with Crippen molar-refractivity contribution in [3.05, 3.63) is 18.0 Å². The van der Waals surface area contributed by atoms with Crippen molar-refractivity contribution in [2.45, 2.75) is 57.5 Å². The second kappa shape index (κ2) is 4.58. The summed E-state index contributed by atoms with van der Waals surface area (Å²) in [6, 6.07) is 0.297. The highest BCUT2D eigenvalue weighted by atomic mass is 16.5. The molecule has 0 saturated carbocycles. The lowest BCUT2D eigenvalue weighted by molar-refractivity contribution is -0.0264. The van der Waals surface area contributed by atoms with E-state index in [2.05, 4.69) is 18.9 Å². The fourth-order valence-corrected chi connectivity index (χ4v) is 3.56. The van der Waals surface area contributed by atoms with E-state index < -0.39 is 6.10 Å². The van der Waals surface area contributed by atoms with E-state index in [4.69, 9.17) is 10.5 Å². The smallest absolute Gasteiger partial charge is 0.0914 e. The molecule has 1 aromatic rings. The van der Waals surface area contributed by atoms with Crippen molar-refractivity contribution in [1.29, 1.82) is 0 Å². The van der Waals surface area contributed by atoms with Crippen LogP contribution < -0.4 is 5.73 Å². The van der Waals surface area contributed by atoms with Crippen LogP contribution >= 0.6 is 0 Å². The number of rotatable bonds is 4. The number of fused-ring (bicyclic) bond motifs is 2. The molecule has 19 heavy (non-hydrogen) atoms. The van der Waals surface area contributed by atoms with Crippen molar-refractivity contribution in [2.24, 2.45) is 11.1 Å². The van der Waals surface area contributed by atoms with Gasteiger partial charge in [0.2, 0.25) is 0 Å². The van der Waals surface area contributed by atoms with Gasteiger partial charge in [-0.2, -0.15) is 5.10 Å². The molecule has 0 radical (unpaired) electrons. The van der Waals surface area contributed by atoms with Crippen LogP contribution in [-0.2, 0) is 4.74 Å². The van der Waals surface area contributed by atoms with Crippen molar-refractivity contribution >= 4 is 0 Å². The minimum Gasteiger partial charge on any atom is -0.388 e. The Balaban J connectivity index is 1.87. The third kappa shape index (κ3) is 1.91. The van der Waals surface area contributed by atoms with Crippen LogP contribution in [-0.4, -0.2) is 33.6 Å². The van der Waals surface area contributed by atoms with E-state index in [0.29, 0.717) is 12.6 Å². The topological polar surface area (TPSA) is 73.3 Å². The molecule has 0 aliphatic carbocycles. The molecule has 1 aromatic heterocycles. The van der Waals surface area contributed by atoms with Crippen molar-refractivity contribution < 1.29 is 9.84 Å². The van der Waals surface area contributed by atoms with Gasteiger partial charge in [0.05, 0.1) is 24.5 Å². The minimum atomic E-state index is -0.583. The van der Waals surface area contributed by atoms with Crippen molar-refractivity contribution in [3.63, 3.8) is 0 Å². The Labute approximate surface area is 113 Å². The summed E-state index contributed by atoms with van der Waals surface area (Å²) >= 11 is 0. The van der Waals surface area contributed by atoms with Crippen LogP contribution in [0.3, 0.4) is 0 Å². The van der Waals surface area contributed by atoms with Gasteiger partial charge in [-0.3, -0.25) is 4.68 Å². The van der Waals surface area contributed by atoms with Crippen molar-refractivity contribution in [3.8, 4) is 0 Å². The summed E-state index contributed by atoms with van der Waals surface area (Å²) in [7, 11) is 0. The number of aliphatic hydroxyl groups excluding tert-OH is 1. The highest BCUT2D eigenvalue weighted by molar-refractivity contribution is 5.17. The summed E-state index contributed by atoms with van der Waals surface area (Å²) in [5.74, 6) is 0. The molecule has 0 amide bonds. The predicted octanol–water partition coefficient (Wildman–Crippen LogP) is 1.39. The van der Waals surface area contributed by atoms with Crippen molar-refractivity contribution in [2.75, 3.05) is 6.54 Å². The van der Waals surface area contributed by atoms with Crippen LogP contribution in [0.15, 0.2) is 12.4 Å². The Kier molecular flexibility index (Phi) is 3.15. The van der Waals surface area contributed by atoms with Gasteiger partial charge in [-0.1, -0.05) is 0 Å². The monoisotopic (exact) mass is 265 g/mol. The third-order valence-electron chi connectivity index (χ3n) is 4.75. The zero-order valence-electron chi connectivity index (χ0n) is 11.6.